The first kappa shape index (κ1) is 46.8. The molecule has 0 bridgehead atoms. The van der Waals surface area contributed by atoms with Gasteiger partial charge in [-0.2, -0.15) is 0 Å². The average molecular weight is 246 g/mol. The highest BCUT2D eigenvalue weighted by molar-refractivity contribution is 7.45. The molecule has 0 radical (unpaired) electrons. The predicted molar refractivity (Wildman–Crippen MR) is 72.9 cm³/mol. The first-order valence-corrected chi connectivity index (χ1v) is 4.00. The van der Waals surface area contributed by atoms with E-state index < -0.39 is 7.82 Å². The van der Waals surface area contributed by atoms with Crippen LogP contribution in [0.25, 0.3) is 0 Å². The summed E-state index contributed by atoms with van der Waals surface area (Å²) in [5, 5.41) is 0. The van der Waals surface area contributed by atoms with Crippen LogP contribution in [-0.4, -0.2) is 14.7 Å². The third-order valence-corrected chi connectivity index (χ3v) is 0.329. The highest BCUT2D eigenvalue weighted by atomic mass is 31.2. The highest BCUT2D eigenvalue weighted by Gasteiger charge is 2.00. The molecule has 0 saturated carbocycles. The third-order valence-electron chi connectivity index (χ3n) is 0.329. The monoisotopic (exact) mass is 246 g/mol. The molecule has 0 saturated heterocycles. The number of rotatable bonds is 1. The van der Waals surface area contributed by atoms with Crippen molar-refractivity contribution in [2.75, 3.05) is 0 Å². The Morgan fingerprint density at radius 2 is 1.20 bits per heavy atom. The van der Waals surface area contributed by atoms with E-state index in [1.807, 2.05) is 19.1 Å². The van der Waals surface area contributed by atoms with Gasteiger partial charge in [-0.1, -0.05) is 61.9 Å². The van der Waals surface area contributed by atoms with Crippen LogP contribution in [0.4, 0.5) is 0 Å². The van der Waals surface area contributed by atoms with Gasteiger partial charge in [0.05, 0.1) is 0 Å². The van der Waals surface area contributed by atoms with Gasteiger partial charge in [0.25, 0.3) is 0 Å². The lowest BCUT2D eigenvalue weighted by atomic mass is 10.5. The standard InChI is InChI=1S/C5H8.5CH4.H3O4P/c1-3-5-4-2;;;;;;1-5(2,3)4/h3-5H,1H2,2H3;5*1H4;(H3,1,2,3,4). The van der Waals surface area contributed by atoms with E-state index in [0.29, 0.717) is 0 Å². The molecule has 0 atom stereocenters. The normalized spacial score (nSPS) is 6.93. The largest absolute Gasteiger partial charge is 0.466 e. The first-order valence-electron chi connectivity index (χ1n) is 2.43. The number of allylic oxidation sites excluding steroid dienone is 3. The summed E-state index contributed by atoms with van der Waals surface area (Å²) in [5.41, 5.74) is 0. The maximum atomic E-state index is 8.88. The van der Waals surface area contributed by atoms with E-state index in [1.54, 1.807) is 6.08 Å². The SMILES string of the molecule is C.C.C.C.C.C=CC=CC.O=P(O)(O)O. The Balaban J connectivity index is -0.0000000128. The van der Waals surface area contributed by atoms with Gasteiger partial charge in [-0.3, -0.25) is 0 Å². The fraction of sp³-hybridized carbons (Fsp3) is 0.600. The molecule has 0 aliphatic heterocycles. The van der Waals surface area contributed by atoms with Gasteiger partial charge in [-0.15, -0.1) is 0 Å². The van der Waals surface area contributed by atoms with Crippen LogP contribution in [0.15, 0.2) is 24.8 Å². The van der Waals surface area contributed by atoms with E-state index in [2.05, 4.69) is 6.58 Å². The molecule has 0 unspecified atom stereocenters. The van der Waals surface area contributed by atoms with Gasteiger partial charge >= 0.3 is 7.82 Å². The quantitative estimate of drug-likeness (QED) is 0.482. The third kappa shape index (κ3) is 722. The second-order valence-electron chi connectivity index (χ2n) is 1.27. The molecule has 0 aliphatic carbocycles. The molecule has 3 N–H and O–H groups in total. The van der Waals surface area contributed by atoms with Gasteiger partial charge in [0, 0.05) is 0 Å². The van der Waals surface area contributed by atoms with Crippen molar-refractivity contribution in [3.8, 4) is 0 Å². The molecule has 0 aromatic heterocycles. The lowest BCUT2D eigenvalue weighted by molar-refractivity contribution is 0.275. The highest BCUT2D eigenvalue weighted by Crippen LogP contribution is 2.25. The summed E-state index contributed by atoms with van der Waals surface area (Å²) in [6.45, 7) is 5.42. The van der Waals surface area contributed by atoms with Crippen LogP contribution in [0.3, 0.4) is 0 Å². The van der Waals surface area contributed by atoms with Gasteiger partial charge in [0.15, 0.2) is 0 Å². The molecule has 15 heavy (non-hydrogen) atoms. The second kappa shape index (κ2) is 29.2. The van der Waals surface area contributed by atoms with Crippen LogP contribution in [-0.2, 0) is 4.57 Å². The van der Waals surface area contributed by atoms with Crippen LogP contribution >= 0.6 is 7.82 Å². The van der Waals surface area contributed by atoms with Crippen molar-refractivity contribution < 1.29 is 19.2 Å². The Kier molecular flexibility index (Phi) is 91.0. The summed E-state index contributed by atoms with van der Waals surface area (Å²) in [5.74, 6) is 0. The zero-order valence-electron chi connectivity index (χ0n) is 5.64. The lowest BCUT2D eigenvalue weighted by Gasteiger charge is -1.82. The molecule has 0 aromatic rings. The minimum Gasteiger partial charge on any atom is -0.303 e. The van der Waals surface area contributed by atoms with E-state index in [1.165, 1.54) is 0 Å². The Labute approximate surface area is 96.6 Å². The Bertz CT molecular complexity index is 141. The molecule has 0 aliphatic rings. The summed E-state index contributed by atoms with van der Waals surface area (Å²) in [6.07, 6.45) is 5.58. The molecule has 0 fully saturated rings. The van der Waals surface area contributed by atoms with Crippen LogP contribution in [0.5, 0.6) is 0 Å². The van der Waals surface area contributed by atoms with Crippen molar-refractivity contribution in [1.29, 1.82) is 0 Å². The molecule has 0 spiro atoms. The van der Waals surface area contributed by atoms with Crippen LogP contribution in [0.2, 0.25) is 0 Å². The topological polar surface area (TPSA) is 77.8 Å². The summed E-state index contributed by atoms with van der Waals surface area (Å²) < 4.78 is 8.88. The smallest absolute Gasteiger partial charge is 0.303 e. The minimum atomic E-state index is -4.64. The van der Waals surface area contributed by atoms with Gasteiger partial charge < -0.3 is 14.7 Å². The molecular weight excluding hydrogens is 215 g/mol. The molecular formula is C10H31O4P. The molecule has 0 rings (SSSR count). The summed E-state index contributed by atoms with van der Waals surface area (Å²) in [4.78, 5) is 21.6. The fourth-order valence-corrected chi connectivity index (χ4v) is 0.136. The first-order chi connectivity index (χ1) is 4.41. The van der Waals surface area contributed by atoms with Crippen molar-refractivity contribution >= 4 is 7.82 Å². The van der Waals surface area contributed by atoms with E-state index in [4.69, 9.17) is 19.2 Å². The zero-order chi connectivity index (χ0) is 8.62. The van der Waals surface area contributed by atoms with Crippen molar-refractivity contribution in [2.24, 2.45) is 0 Å². The summed E-state index contributed by atoms with van der Waals surface area (Å²) in [6, 6.07) is 0. The van der Waals surface area contributed by atoms with Crippen LogP contribution in [0.1, 0.15) is 44.1 Å². The fourth-order valence-electron chi connectivity index (χ4n) is 0.136. The summed E-state index contributed by atoms with van der Waals surface area (Å²) >= 11 is 0. The van der Waals surface area contributed by atoms with Crippen LogP contribution < -0.4 is 0 Å². The van der Waals surface area contributed by atoms with Gasteiger partial charge in [0.2, 0.25) is 0 Å². The molecule has 5 heteroatoms. The van der Waals surface area contributed by atoms with E-state index >= 15 is 0 Å². The average Bonchev–Trinajstić information content (AvgIpc) is 1.63. The van der Waals surface area contributed by atoms with Gasteiger partial charge in [-0.05, 0) is 6.92 Å². The summed E-state index contributed by atoms with van der Waals surface area (Å²) in [7, 11) is -4.64. The minimum absolute atomic E-state index is 0. The molecule has 0 amide bonds. The molecule has 0 heterocycles. The van der Waals surface area contributed by atoms with Crippen molar-refractivity contribution in [1.82, 2.24) is 0 Å². The van der Waals surface area contributed by atoms with E-state index in [0.717, 1.165) is 0 Å². The molecule has 0 aromatic carbocycles. The predicted octanol–water partition coefficient (Wildman–Crippen LogP) is 4.00. The Hall–Kier alpha value is -0.410. The van der Waals surface area contributed by atoms with Crippen LogP contribution in [0, 0.1) is 0 Å². The van der Waals surface area contributed by atoms with E-state index in [9.17, 15) is 0 Å². The number of phosphoric acid groups is 1. The molecule has 4 nitrogen and oxygen atoms in total. The lowest BCUT2D eigenvalue weighted by Crippen LogP contribution is -1.66. The molecule has 100 valence electrons. The Morgan fingerprint density at radius 3 is 1.20 bits per heavy atom. The number of hydrogen-bond donors (Lipinski definition) is 3. The maximum Gasteiger partial charge on any atom is 0.466 e. The zero-order valence-corrected chi connectivity index (χ0v) is 6.53. The van der Waals surface area contributed by atoms with Gasteiger partial charge in [0.1, 0.15) is 0 Å². The Morgan fingerprint density at radius 1 is 1.00 bits per heavy atom. The van der Waals surface area contributed by atoms with Crippen molar-refractivity contribution in [3.05, 3.63) is 24.8 Å². The van der Waals surface area contributed by atoms with Crippen molar-refractivity contribution in [3.63, 3.8) is 0 Å². The van der Waals surface area contributed by atoms with Gasteiger partial charge in [-0.25, -0.2) is 4.57 Å². The maximum absolute atomic E-state index is 8.88. The van der Waals surface area contributed by atoms with Crippen molar-refractivity contribution in [2.45, 2.75) is 44.1 Å². The number of hydrogen-bond acceptors (Lipinski definition) is 1. The van der Waals surface area contributed by atoms with E-state index in [-0.39, 0.29) is 37.1 Å². The second-order valence-corrected chi connectivity index (χ2v) is 2.30.